The van der Waals surface area contributed by atoms with Crippen molar-refractivity contribution >= 4 is 20.9 Å². The Morgan fingerprint density at radius 2 is 1.67 bits per heavy atom. The number of nitrogens with zero attached hydrogens (tertiary/aromatic N) is 1. The Balaban J connectivity index is 1.71. The second kappa shape index (κ2) is 9.60. The number of hydrogen-bond donors (Lipinski definition) is 1. The summed E-state index contributed by atoms with van der Waals surface area (Å²) < 4.78 is 33.6. The lowest BCUT2D eigenvalue weighted by atomic mass is 10.1. The molecule has 0 bridgehead atoms. The molecule has 170 valence electrons. The normalized spacial score (nSPS) is 11.7. The van der Waals surface area contributed by atoms with Crippen LogP contribution in [0.5, 0.6) is 5.75 Å². The van der Waals surface area contributed by atoms with E-state index in [0.717, 1.165) is 22.0 Å². The van der Waals surface area contributed by atoms with Crippen molar-refractivity contribution in [2.24, 2.45) is 0 Å². The zero-order valence-electron chi connectivity index (χ0n) is 18.6. The van der Waals surface area contributed by atoms with Gasteiger partial charge in [-0.05, 0) is 60.2 Å². The van der Waals surface area contributed by atoms with Gasteiger partial charge in [0.1, 0.15) is 5.75 Å². The van der Waals surface area contributed by atoms with Crippen LogP contribution in [0.1, 0.15) is 16.7 Å². The van der Waals surface area contributed by atoms with Crippen LogP contribution in [0, 0.1) is 6.92 Å². The molecule has 3 aromatic carbocycles. The van der Waals surface area contributed by atoms with Crippen LogP contribution < -0.4 is 10.3 Å². The summed E-state index contributed by atoms with van der Waals surface area (Å²) in [6.07, 6.45) is 0.529. The molecule has 0 amide bonds. The molecule has 0 fully saturated rings. The molecule has 0 aliphatic heterocycles. The Hall–Kier alpha value is -3.42. The molecule has 0 saturated heterocycles. The van der Waals surface area contributed by atoms with E-state index in [9.17, 15) is 13.2 Å². The van der Waals surface area contributed by atoms with Crippen LogP contribution in [0.3, 0.4) is 0 Å². The molecule has 33 heavy (non-hydrogen) atoms. The second-order valence-corrected chi connectivity index (χ2v) is 9.85. The molecule has 0 spiro atoms. The van der Waals surface area contributed by atoms with Gasteiger partial charge in [-0.15, -0.1) is 0 Å². The van der Waals surface area contributed by atoms with E-state index >= 15 is 0 Å². The highest BCUT2D eigenvalue weighted by molar-refractivity contribution is 7.89. The molecule has 7 heteroatoms. The van der Waals surface area contributed by atoms with Crippen LogP contribution in [0.2, 0.25) is 0 Å². The molecule has 1 heterocycles. The predicted octanol–water partition coefficient (Wildman–Crippen LogP) is 4.28. The number of methoxy groups -OCH3 is 1. The number of nitrogens with one attached hydrogen (secondary N) is 1. The molecule has 0 atom stereocenters. The number of aromatic amines is 1. The van der Waals surface area contributed by atoms with Crippen molar-refractivity contribution in [2.45, 2.75) is 24.8 Å². The molecule has 0 aliphatic rings. The third kappa shape index (κ3) is 4.99. The van der Waals surface area contributed by atoms with Gasteiger partial charge in [0.2, 0.25) is 10.0 Å². The van der Waals surface area contributed by atoms with E-state index in [1.807, 2.05) is 55.5 Å². The fourth-order valence-corrected chi connectivity index (χ4v) is 5.23. The summed E-state index contributed by atoms with van der Waals surface area (Å²) in [5, 5.41) is 0.870. The van der Waals surface area contributed by atoms with E-state index in [-0.39, 0.29) is 23.5 Å². The standard InChI is InChI=1S/C26H26N2O4S/c1-19-7-6-10-21-17-22(26(29)27-25(19)21)18-28(16-15-20-8-4-3-5-9-20)33(30,31)24-13-11-23(32-2)12-14-24/h3-14,17H,15-16,18H2,1-2H3,(H,27,29). The fourth-order valence-electron chi connectivity index (χ4n) is 3.82. The first-order valence-electron chi connectivity index (χ1n) is 10.7. The maximum atomic E-state index is 13.6. The quantitative estimate of drug-likeness (QED) is 0.424. The molecule has 0 aliphatic carbocycles. The topological polar surface area (TPSA) is 79.5 Å². The highest BCUT2D eigenvalue weighted by Crippen LogP contribution is 2.22. The van der Waals surface area contributed by atoms with Gasteiger partial charge >= 0.3 is 0 Å². The molecular weight excluding hydrogens is 436 g/mol. The molecule has 0 unspecified atom stereocenters. The third-order valence-corrected chi connectivity index (χ3v) is 7.56. The number of hydrogen-bond acceptors (Lipinski definition) is 4. The fraction of sp³-hybridized carbons (Fsp3) is 0.192. The number of sulfonamides is 1. The minimum Gasteiger partial charge on any atom is -0.497 e. The average Bonchev–Trinajstić information content (AvgIpc) is 2.83. The summed E-state index contributed by atoms with van der Waals surface area (Å²) in [5.74, 6) is 0.575. The molecule has 0 saturated carbocycles. The zero-order chi connectivity index (χ0) is 23.4. The monoisotopic (exact) mass is 462 g/mol. The summed E-state index contributed by atoms with van der Waals surface area (Å²) in [6.45, 7) is 2.14. The van der Waals surface area contributed by atoms with E-state index in [1.165, 1.54) is 23.5 Å². The van der Waals surface area contributed by atoms with Crippen molar-refractivity contribution in [3.8, 4) is 5.75 Å². The maximum Gasteiger partial charge on any atom is 0.252 e. The number of fused-ring (bicyclic) bond motifs is 1. The summed E-state index contributed by atoms with van der Waals surface area (Å²) in [4.78, 5) is 15.9. The van der Waals surface area contributed by atoms with Gasteiger partial charge < -0.3 is 9.72 Å². The van der Waals surface area contributed by atoms with Gasteiger partial charge in [-0.3, -0.25) is 4.79 Å². The van der Waals surface area contributed by atoms with Gasteiger partial charge in [0.05, 0.1) is 17.5 Å². The number of ether oxygens (including phenoxy) is 1. The Labute approximate surface area is 193 Å². The number of H-pyrrole nitrogens is 1. The van der Waals surface area contributed by atoms with Crippen LogP contribution >= 0.6 is 0 Å². The van der Waals surface area contributed by atoms with Crippen molar-refractivity contribution in [1.82, 2.24) is 9.29 Å². The van der Waals surface area contributed by atoms with E-state index in [4.69, 9.17) is 4.74 Å². The third-order valence-electron chi connectivity index (χ3n) is 5.70. The molecule has 4 aromatic rings. The molecule has 1 aromatic heterocycles. The SMILES string of the molecule is COc1ccc(S(=O)(=O)N(CCc2ccccc2)Cc2cc3cccc(C)c3[nH]c2=O)cc1. The Kier molecular flexibility index (Phi) is 6.62. The average molecular weight is 463 g/mol. The number of para-hydroxylation sites is 1. The molecule has 6 nitrogen and oxygen atoms in total. The van der Waals surface area contributed by atoms with Gasteiger partial charge in [-0.2, -0.15) is 4.31 Å². The number of rotatable bonds is 8. The van der Waals surface area contributed by atoms with E-state index in [1.54, 1.807) is 18.2 Å². The van der Waals surface area contributed by atoms with Crippen molar-refractivity contribution in [1.29, 1.82) is 0 Å². The van der Waals surface area contributed by atoms with Crippen LogP contribution in [0.15, 0.2) is 88.6 Å². The summed E-state index contributed by atoms with van der Waals surface area (Å²) in [6, 6.07) is 23.5. The Bertz CT molecular complexity index is 1410. The zero-order valence-corrected chi connectivity index (χ0v) is 19.4. The van der Waals surface area contributed by atoms with Crippen molar-refractivity contribution < 1.29 is 13.2 Å². The molecule has 0 radical (unpaired) electrons. The van der Waals surface area contributed by atoms with Gasteiger partial charge in [-0.1, -0.05) is 48.5 Å². The second-order valence-electron chi connectivity index (χ2n) is 7.91. The van der Waals surface area contributed by atoms with E-state index < -0.39 is 10.0 Å². The highest BCUT2D eigenvalue weighted by atomic mass is 32.2. The van der Waals surface area contributed by atoms with Crippen LogP contribution in [-0.2, 0) is 23.0 Å². The smallest absolute Gasteiger partial charge is 0.252 e. The van der Waals surface area contributed by atoms with E-state index in [2.05, 4.69) is 4.98 Å². The highest BCUT2D eigenvalue weighted by Gasteiger charge is 2.25. The van der Waals surface area contributed by atoms with Gasteiger partial charge in [-0.25, -0.2) is 8.42 Å². The molecular formula is C26H26N2O4S. The minimum atomic E-state index is -3.85. The van der Waals surface area contributed by atoms with Crippen LogP contribution in [0.25, 0.3) is 10.9 Å². The van der Waals surface area contributed by atoms with Crippen molar-refractivity contribution in [3.63, 3.8) is 0 Å². The van der Waals surface area contributed by atoms with Gasteiger partial charge in [0, 0.05) is 18.7 Å². The van der Waals surface area contributed by atoms with Crippen LogP contribution in [0.4, 0.5) is 0 Å². The lowest BCUT2D eigenvalue weighted by Gasteiger charge is -2.22. The van der Waals surface area contributed by atoms with Crippen molar-refractivity contribution in [2.75, 3.05) is 13.7 Å². The first-order valence-corrected chi connectivity index (χ1v) is 12.1. The largest absolute Gasteiger partial charge is 0.497 e. The summed E-state index contributed by atoms with van der Waals surface area (Å²) in [5.41, 5.74) is 2.86. The first kappa shape index (κ1) is 22.8. The molecule has 4 rings (SSSR count). The summed E-state index contributed by atoms with van der Waals surface area (Å²) >= 11 is 0. The minimum absolute atomic E-state index is 0.0274. The predicted molar refractivity (Wildman–Crippen MR) is 130 cm³/mol. The van der Waals surface area contributed by atoms with Crippen LogP contribution in [-0.4, -0.2) is 31.4 Å². The Morgan fingerprint density at radius 3 is 2.36 bits per heavy atom. The maximum absolute atomic E-state index is 13.6. The van der Waals surface area contributed by atoms with Gasteiger partial charge in [0.25, 0.3) is 5.56 Å². The Morgan fingerprint density at radius 1 is 0.939 bits per heavy atom. The lowest BCUT2D eigenvalue weighted by molar-refractivity contribution is 0.406. The molecule has 1 N–H and O–H groups in total. The lowest BCUT2D eigenvalue weighted by Crippen LogP contribution is -2.34. The van der Waals surface area contributed by atoms with E-state index in [0.29, 0.717) is 17.7 Å². The van der Waals surface area contributed by atoms with Gasteiger partial charge in [0.15, 0.2) is 0 Å². The number of aromatic nitrogens is 1. The number of benzene rings is 3. The number of pyridine rings is 1. The van der Waals surface area contributed by atoms with Crippen molar-refractivity contribution in [3.05, 3.63) is 106 Å². The first-order chi connectivity index (χ1) is 15.9. The number of aryl methyl sites for hydroxylation is 1. The summed E-state index contributed by atoms with van der Waals surface area (Å²) in [7, 11) is -2.32.